The molecule has 0 atom stereocenters. The molecule has 1 fully saturated rings. The quantitative estimate of drug-likeness (QED) is 0.843. The SMILES string of the molecule is O=C(O)C1CCC(Nc2ccc(F)cc2OCC(F)F)CC1. The van der Waals surface area contributed by atoms with Crippen LogP contribution in [0, 0.1) is 11.7 Å². The summed E-state index contributed by atoms with van der Waals surface area (Å²) in [5, 5.41) is 12.1. The van der Waals surface area contributed by atoms with E-state index in [1.807, 2.05) is 0 Å². The second kappa shape index (κ2) is 7.38. The zero-order valence-electron chi connectivity index (χ0n) is 11.9. The van der Waals surface area contributed by atoms with Gasteiger partial charge in [-0.05, 0) is 37.8 Å². The van der Waals surface area contributed by atoms with Crippen LogP contribution in [0.15, 0.2) is 18.2 Å². The van der Waals surface area contributed by atoms with Crippen LogP contribution in [0.2, 0.25) is 0 Å². The zero-order chi connectivity index (χ0) is 16.1. The number of alkyl halides is 2. The predicted molar refractivity (Wildman–Crippen MR) is 74.9 cm³/mol. The molecule has 1 aliphatic carbocycles. The zero-order valence-corrected chi connectivity index (χ0v) is 11.9. The van der Waals surface area contributed by atoms with Gasteiger partial charge in [0.25, 0.3) is 6.43 Å². The van der Waals surface area contributed by atoms with Crippen LogP contribution in [-0.2, 0) is 4.79 Å². The first-order valence-corrected chi connectivity index (χ1v) is 7.15. The molecule has 2 N–H and O–H groups in total. The maximum Gasteiger partial charge on any atom is 0.306 e. The molecule has 0 bridgehead atoms. The van der Waals surface area contributed by atoms with Crippen LogP contribution < -0.4 is 10.1 Å². The monoisotopic (exact) mass is 317 g/mol. The molecule has 0 aliphatic heterocycles. The number of hydrogen-bond donors (Lipinski definition) is 2. The molecule has 0 radical (unpaired) electrons. The molecule has 0 heterocycles. The summed E-state index contributed by atoms with van der Waals surface area (Å²) in [6.07, 6.45) is -0.212. The Morgan fingerprint density at radius 3 is 2.59 bits per heavy atom. The molecule has 0 amide bonds. The number of ether oxygens (including phenoxy) is 1. The number of carbonyl (C=O) groups is 1. The Bertz CT molecular complexity index is 517. The van der Waals surface area contributed by atoms with Gasteiger partial charge >= 0.3 is 5.97 Å². The minimum Gasteiger partial charge on any atom is -0.485 e. The number of carboxylic acids is 1. The second-order valence-corrected chi connectivity index (χ2v) is 5.37. The number of rotatable bonds is 6. The van der Waals surface area contributed by atoms with Crippen LogP contribution in [0.5, 0.6) is 5.75 Å². The highest BCUT2D eigenvalue weighted by molar-refractivity contribution is 5.70. The van der Waals surface area contributed by atoms with E-state index in [1.165, 1.54) is 12.1 Å². The topological polar surface area (TPSA) is 58.6 Å². The predicted octanol–water partition coefficient (Wildman–Crippen LogP) is 3.52. The Morgan fingerprint density at radius 1 is 1.32 bits per heavy atom. The standard InChI is InChI=1S/C15H18F3NO3/c16-10-3-6-12(13(7-10)22-8-14(17)18)19-11-4-1-9(2-5-11)15(20)21/h3,6-7,9,11,14,19H,1-2,4-5,8H2,(H,20,21). The molecule has 0 aromatic heterocycles. The summed E-state index contributed by atoms with van der Waals surface area (Å²) in [6.45, 7) is -0.802. The van der Waals surface area contributed by atoms with Crippen molar-refractivity contribution < 1.29 is 27.8 Å². The molecule has 122 valence electrons. The second-order valence-electron chi connectivity index (χ2n) is 5.37. The van der Waals surface area contributed by atoms with Gasteiger partial charge in [0.05, 0.1) is 11.6 Å². The molecular weight excluding hydrogens is 299 g/mol. The molecule has 4 nitrogen and oxygen atoms in total. The van der Waals surface area contributed by atoms with Gasteiger partial charge in [-0.25, -0.2) is 13.2 Å². The summed E-state index contributed by atoms with van der Waals surface area (Å²) in [5.41, 5.74) is 0.445. The third-order valence-electron chi connectivity index (χ3n) is 3.74. The highest BCUT2D eigenvalue weighted by Crippen LogP contribution is 2.31. The van der Waals surface area contributed by atoms with Crippen molar-refractivity contribution in [2.24, 2.45) is 5.92 Å². The number of nitrogens with one attached hydrogen (secondary N) is 1. The summed E-state index contributed by atoms with van der Waals surface area (Å²) < 4.78 is 42.6. The van der Waals surface area contributed by atoms with Crippen LogP contribution >= 0.6 is 0 Å². The lowest BCUT2D eigenvalue weighted by molar-refractivity contribution is -0.142. The highest BCUT2D eigenvalue weighted by Gasteiger charge is 2.26. The van der Waals surface area contributed by atoms with Crippen LogP contribution in [0.25, 0.3) is 0 Å². The molecule has 0 spiro atoms. The summed E-state index contributed by atoms with van der Waals surface area (Å²) in [5.74, 6) is -1.65. The first-order valence-electron chi connectivity index (χ1n) is 7.15. The average molecular weight is 317 g/mol. The van der Waals surface area contributed by atoms with E-state index >= 15 is 0 Å². The molecule has 22 heavy (non-hydrogen) atoms. The van der Waals surface area contributed by atoms with Gasteiger partial charge in [0.1, 0.15) is 18.2 Å². The Hall–Kier alpha value is -1.92. The fraction of sp³-hybridized carbons (Fsp3) is 0.533. The molecule has 1 aliphatic rings. The first kappa shape index (κ1) is 16.5. The van der Waals surface area contributed by atoms with Crippen molar-refractivity contribution in [2.45, 2.75) is 38.2 Å². The number of aliphatic carboxylic acids is 1. The number of carboxylic acid groups (broad SMARTS) is 1. The summed E-state index contributed by atoms with van der Waals surface area (Å²) in [6, 6.07) is 3.75. The van der Waals surface area contributed by atoms with E-state index in [2.05, 4.69) is 5.32 Å². The summed E-state index contributed by atoms with van der Waals surface area (Å²) >= 11 is 0. The lowest BCUT2D eigenvalue weighted by Gasteiger charge is -2.28. The van der Waals surface area contributed by atoms with Crippen LogP contribution in [0.1, 0.15) is 25.7 Å². The van der Waals surface area contributed by atoms with E-state index in [1.54, 1.807) is 0 Å². The third kappa shape index (κ3) is 4.54. The van der Waals surface area contributed by atoms with Crippen LogP contribution in [0.3, 0.4) is 0 Å². The number of anilines is 1. The molecule has 7 heteroatoms. The summed E-state index contributed by atoms with van der Waals surface area (Å²) in [7, 11) is 0. The van der Waals surface area contributed by atoms with Crippen LogP contribution in [-0.4, -0.2) is 30.2 Å². The fourth-order valence-corrected chi connectivity index (χ4v) is 2.59. The van der Waals surface area contributed by atoms with Crippen molar-refractivity contribution in [3.05, 3.63) is 24.0 Å². The normalized spacial score (nSPS) is 21.6. The first-order chi connectivity index (χ1) is 10.5. The Kier molecular flexibility index (Phi) is 5.51. The highest BCUT2D eigenvalue weighted by atomic mass is 19.3. The van der Waals surface area contributed by atoms with E-state index < -0.39 is 24.8 Å². The minimum absolute atomic E-state index is 0.0231. The molecule has 1 saturated carbocycles. The summed E-state index contributed by atoms with van der Waals surface area (Å²) in [4.78, 5) is 10.9. The van der Waals surface area contributed by atoms with Crippen molar-refractivity contribution in [3.63, 3.8) is 0 Å². The van der Waals surface area contributed by atoms with Crippen molar-refractivity contribution in [2.75, 3.05) is 11.9 Å². The van der Waals surface area contributed by atoms with Gasteiger partial charge in [-0.15, -0.1) is 0 Å². The van der Waals surface area contributed by atoms with Gasteiger partial charge in [-0.3, -0.25) is 4.79 Å². The number of benzene rings is 1. The van der Waals surface area contributed by atoms with E-state index in [9.17, 15) is 18.0 Å². The maximum absolute atomic E-state index is 13.2. The van der Waals surface area contributed by atoms with E-state index in [0.717, 1.165) is 6.07 Å². The average Bonchev–Trinajstić information content (AvgIpc) is 2.48. The minimum atomic E-state index is -2.64. The van der Waals surface area contributed by atoms with Gasteiger partial charge < -0.3 is 15.2 Å². The van der Waals surface area contributed by atoms with Crippen LogP contribution in [0.4, 0.5) is 18.9 Å². The maximum atomic E-state index is 13.2. The number of halogens is 3. The Labute approximate surface area is 126 Å². The molecule has 0 saturated heterocycles. The van der Waals surface area contributed by atoms with E-state index in [4.69, 9.17) is 9.84 Å². The lowest BCUT2D eigenvalue weighted by Crippen LogP contribution is -2.29. The van der Waals surface area contributed by atoms with E-state index in [-0.39, 0.29) is 17.7 Å². The van der Waals surface area contributed by atoms with Gasteiger partial charge in [0.2, 0.25) is 0 Å². The van der Waals surface area contributed by atoms with Gasteiger partial charge in [0, 0.05) is 12.1 Å². The largest absolute Gasteiger partial charge is 0.485 e. The fourth-order valence-electron chi connectivity index (χ4n) is 2.59. The molecule has 0 unspecified atom stereocenters. The Balaban J connectivity index is 1.99. The Morgan fingerprint density at radius 2 is 2.00 bits per heavy atom. The van der Waals surface area contributed by atoms with Crippen molar-refractivity contribution >= 4 is 11.7 Å². The van der Waals surface area contributed by atoms with Gasteiger partial charge in [-0.1, -0.05) is 0 Å². The third-order valence-corrected chi connectivity index (χ3v) is 3.74. The molecule has 2 rings (SSSR count). The van der Waals surface area contributed by atoms with Gasteiger partial charge in [0.15, 0.2) is 0 Å². The lowest BCUT2D eigenvalue weighted by atomic mass is 9.86. The molecule has 1 aromatic carbocycles. The smallest absolute Gasteiger partial charge is 0.306 e. The van der Waals surface area contributed by atoms with Crippen molar-refractivity contribution in [1.82, 2.24) is 0 Å². The van der Waals surface area contributed by atoms with Crippen molar-refractivity contribution in [3.8, 4) is 5.75 Å². The van der Waals surface area contributed by atoms with E-state index in [0.29, 0.717) is 31.4 Å². The molecule has 1 aromatic rings. The number of hydrogen-bond acceptors (Lipinski definition) is 3. The van der Waals surface area contributed by atoms with Gasteiger partial charge in [-0.2, -0.15) is 0 Å². The van der Waals surface area contributed by atoms with Crippen molar-refractivity contribution in [1.29, 1.82) is 0 Å². The molecular formula is C15H18F3NO3.